The van der Waals surface area contributed by atoms with E-state index in [0.717, 1.165) is 42.2 Å². The monoisotopic (exact) mass is 268 g/mol. The number of nitrogen functional groups attached to an aromatic ring is 1. The van der Waals surface area contributed by atoms with Gasteiger partial charge in [0.15, 0.2) is 0 Å². The number of hydrogen-bond donors (Lipinski definition) is 2. The topological polar surface area (TPSA) is 63.8 Å². The third-order valence-electron chi connectivity index (χ3n) is 4.17. The van der Waals surface area contributed by atoms with E-state index >= 15 is 0 Å². The van der Waals surface area contributed by atoms with Gasteiger partial charge in [0.1, 0.15) is 11.6 Å². The Morgan fingerprint density at radius 2 is 2.10 bits per heavy atom. The molecule has 4 heteroatoms. The average Bonchev–Trinajstić information content (AvgIpc) is 2.90. The molecular weight excluding hydrogens is 248 g/mol. The Labute approximate surface area is 119 Å². The Morgan fingerprint density at radius 3 is 2.85 bits per heavy atom. The van der Waals surface area contributed by atoms with Gasteiger partial charge in [0, 0.05) is 17.2 Å². The second-order valence-corrected chi connectivity index (χ2v) is 5.28. The summed E-state index contributed by atoms with van der Waals surface area (Å²) >= 11 is 0. The molecule has 1 aliphatic rings. The Bertz CT molecular complexity index is 636. The van der Waals surface area contributed by atoms with Crippen LogP contribution in [0.1, 0.15) is 47.5 Å². The highest BCUT2D eigenvalue weighted by Crippen LogP contribution is 2.37. The summed E-state index contributed by atoms with van der Waals surface area (Å²) in [6.07, 6.45) is 3.06. The van der Waals surface area contributed by atoms with Gasteiger partial charge in [-0.3, -0.25) is 0 Å². The summed E-state index contributed by atoms with van der Waals surface area (Å²) in [7, 11) is 0. The molecule has 1 aliphatic carbocycles. The smallest absolute Gasteiger partial charge is 0.147 e. The first-order chi connectivity index (χ1) is 9.74. The maximum Gasteiger partial charge on any atom is 0.147 e. The number of nitrogens with two attached hydrogens (primary N) is 1. The number of nitrogens with one attached hydrogen (secondary N) is 1. The van der Waals surface area contributed by atoms with Crippen LogP contribution in [0.2, 0.25) is 0 Å². The summed E-state index contributed by atoms with van der Waals surface area (Å²) in [5.41, 5.74) is 7.62. The number of fused-ring (bicyclic) bond motifs is 1. The van der Waals surface area contributed by atoms with Crippen LogP contribution in [0.15, 0.2) is 24.3 Å². The third-order valence-corrected chi connectivity index (χ3v) is 4.17. The van der Waals surface area contributed by atoms with E-state index in [1.807, 2.05) is 6.92 Å². The SMILES string of the molecule is CCc1c(C)nc(C2CCc3ccccc32)nc1NN. The second-order valence-electron chi connectivity index (χ2n) is 5.28. The molecule has 104 valence electrons. The number of hydrazine groups is 1. The third kappa shape index (κ3) is 2.06. The number of benzene rings is 1. The molecule has 1 aromatic carbocycles. The maximum absolute atomic E-state index is 5.62. The van der Waals surface area contributed by atoms with E-state index in [2.05, 4.69) is 41.6 Å². The standard InChI is InChI=1S/C16H20N4/c1-3-12-10(2)18-15(19-16(12)20-17)14-9-8-11-6-4-5-7-13(11)14/h4-7,14H,3,8-9,17H2,1-2H3,(H,18,19,20). The Balaban J connectivity index is 2.06. The summed E-state index contributed by atoms with van der Waals surface area (Å²) in [6.45, 7) is 4.13. The Morgan fingerprint density at radius 1 is 1.30 bits per heavy atom. The number of rotatable bonds is 3. The molecule has 1 aromatic heterocycles. The minimum Gasteiger partial charge on any atom is -0.308 e. The number of nitrogens with zero attached hydrogens (tertiary/aromatic N) is 2. The van der Waals surface area contributed by atoms with Crippen molar-refractivity contribution in [3.63, 3.8) is 0 Å². The summed E-state index contributed by atoms with van der Waals surface area (Å²) in [4.78, 5) is 9.38. The van der Waals surface area contributed by atoms with Crippen LogP contribution in [0.3, 0.4) is 0 Å². The van der Waals surface area contributed by atoms with Crippen LogP contribution < -0.4 is 11.3 Å². The van der Waals surface area contributed by atoms with Crippen molar-refractivity contribution in [1.82, 2.24) is 9.97 Å². The van der Waals surface area contributed by atoms with Gasteiger partial charge in [0.2, 0.25) is 0 Å². The van der Waals surface area contributed by atoms with Gasteiger partial charge in [-0.1, -0.05) is 31.2 Å². The lowest BCUT2D eigenvalue weighted by molar-refractivity contribution is 0.720. The number of anilines is 1. The molecular formula is C16H20N4. The van der Waals surface area contributed by atoms with Gasteiger partial charge in [-0.25, -0.2) is 15.8 Å². The summed E-state index contributed by atoms with van der Waals surface area (Å²) in [5, 5.41) is 0. The molecule has 2 aromatic rings. The molecule has 20 heavy (non-hydrogen) atoms. The molecule has 3 rings (SSSR count). The van der Waals surface area contributed by atoms with Crippen LogP contribution in [-0.2, 0) is 12.8 Å². The normalized spacial score (nSPS) is 17.1. The van der Waals surface area contributed by atoms with Crippen molar-refractivity contribution in [3.8, 4) is 0 Å². The van der Waals surface area contributed by atoms with E-state index in [9.17, 15) is 0 Å². The van der Waals surface area contributed by atoms with Gasteiger partial charge < -0.3 is 5.43 Å². The van der Waals surface area contributed by atoms with Crippen LogP contribution in [-0.4, -0.2) is 9.97 Å². The van der Waals surface area contributed by atoms with Gasteiger partial charge in [-0.15, -0.1) is 0 Å². The lowest BCUT2D eigenvalue weighted by Crippen LogP contribution is -2.16. The predicted octanol–water partition coefficient (Wildman–Crippen LogP) is 2.71. The van der Waals surface area contributed by atoms with E-state index in [4.69, 9.17) is 10.8 Å². The average molecular weight is 268 g/mol. The van der Waals surface area contributed by atoms with Gasteiger partial charge >= 0.3 is 0 Å². The first kappa shape index (κ1) is 13.1. The zero-order chi connectivity index (χ0) is 14.1. The zero-order valence-corrected chi connectivity index (χ0v) is 12.0. The molecule has 0 saturated heterocycles. The number of aryl methyl sites for hydroxylation is 2. The van der Waals surface area contributed by atoms with Gasteiger partial charge in [0.05, 0.1) is 0 Å². The van der Waals surface area contributed by atoms with Crippen molar-refractivity contribution in [2.24, 2.45) is 5.84 Å². The summed E-state index contributed by atoms with van der Waals surface area (Å²) in [6, 6.07) is 8.58. The Hall–Kier alpha value is -1.94. The number of hydrogen-bond acceptors (Lipinski definition) is 4. The highest BCUT2D eigenvalue weighted by molar-refractivity contribution is 5.47. The lowest BCUT2D eigenvalue weighted by Gasteiger charge is -2.15. The first-order valence-electron chi connectivity index (χ1n) is 7.16. The van der Waals surface area contributed by atoms with Crippen molar-refractivity contribution < 1.29 is 0 Å². The van der Waals surface area contributed by atoms with Crippen molar-refractivity contribution in [2.45, 2.75) is 39.0 Å². The molecule has 0 spiro atoms. The maximum atomic E-state index is 5.62. The van der Waals surface area contributed by atoms with Crippen LogP contribution in [0, 0.1) is 6.92 Å². The number of aromatic nitrogens is 2. The molecule has 0 saturated carbocycles. The molecule has 0 aliphatic heterocycles. The van der Waals surface area contributed by atoms with E-state index in [1.54, 1.807) is 0 Å². The van der Waals surface area contributed by atoms with Crippen molar-refractivity contribution in [1.29, 1.82) is 0 Å². The van der Waals surface area contributed by atoms with Crippen LogP contribution >= 0.6 is 0 Å². The molecule has 3 N–H and O–H groups in total. The molecule has 1 unspecified atom stereocenters. The Kier molecular flexibility index (Phi) is 3.40. The highest BCUT2D eigenvalue weighted by atomic mass is 15.3. The van der Waals surface area contributed by atoms with E-state index in [0.29, 0.717) is 5.92 Å². The first-order valence-corrected chi connectivity index (χ1v) is 7.16. The van der Waals surface area contributed by atoms with E-state index in [1.165, 1.54) is 11.1 Å². The lowest BCUT2D eigenvalue weighted by atomic mass is 10.00. The van der Waals surface area contributed by atoms with Crippen LogP contribution in [0.5, 0.6) is 0 Å². The fraction of sp³-hybridized carbons (Fsp3) is 0.375. The van der Waals surface area contributed by atoms with Crippen molar-refractivity contribution in [2.75, 3.05) is 5.43 Å². The van der Waals surface area contributed by atoms with E-state index < -0.39 is 0 Å². The fourth-order valence-corrected chi connectivity index (χ4v) is 3.14. The van der Waals surface area contributed by atoms with Crippen LogP contribution in [0.25, 0.3) is 0 Å². The van der Waals surface area contributed by atoms with Crippen molar-refractivity contribution in [3.05, 3.63) is 52.5 Å². The minimum atomic E-state index is 0.294. The molecule has 0 fully saturated rings. The molecule has 4 nitrogen and oxygen atoms in total. The van der Waals surface area contributed by atoms with Gasteiger partial charge in [-0.2, -0.15) is 0 Å². The summed E-state index contributed by atoms with van der Waals surface area (Å²) in [5.74, 6) is 7.56. The van der Waals surface area contributed by atoms with Crippen LogP contribution in [0.4, 0.5) is 5.82 Å². The molecule has 0 radical (unpaired) electrons. The van der Waals surface area contributed by atoms with Crippen molar-refractivity contribution >= 4 is 5.82 Å². The predicted molar refractivity (Wildman–Crippen MR) is 80.6 cm³/mol. The summed E-state index contributed by atoms with van der Waals surface area (Å²) < 4.78 is 0. The van der Waals surface area contributed by atoms with Gasteiger partial charge in [-0.05, 0) is 37.3 Å². The molecule has 0 bridgehead atoms. The minimum absolute atomic E-state index is 0.294. The highest BCUT2D eigenvalue weighted by Gasteiger charge is 2.26. The van der Waals surface area contributed by atoms with Gasteiger partial charge in [0.25, 0.3) is 0 Å². The zero-order valence-electron chi connectivity index (χ0n) is 12.0. The fourth-order valence-electron chi connectivity index (χ4n) is 3.14. The molecule has 1 atom stereocenters. The molecule has 0 amide bonds. The second kappa shape index (κ2) is 5.21. The molecule has 1 heterocycles. The largest absolute Gasteiger partial charge is 0.308 e. The quantitative estimate of drug-likeness (QED) is 0.663. The van der Waals surface area contributed by atoms with E-state index in [-0.39, 0.29) is 0 Å².